The van der Waals surface area contributed by atoms with Crippen LogP contribution in [0.15, 0.2) is 65.2 Å². The number of carbonyl (C=O) groups is 1. The maximum atomic E-state index is 11.7. The minimum Gasteiger partial charge on any atom is -0.489 e. The third-order valence-corrected chi connectivity index (χ3v) is 6.93. The highest BCUT2D eigenvalue weighted by molar-refractivity contribution is 6.39. The Kier molecular flexibility index (Phi) is 8.65. The number of aromatic nitrogens is 1. The summed E-state index contributed by atoms with van der Waals surface area (Å²) in [4.78, 5) is 13.8. The molecule has 0 aliphatic carbocycles. The quantitative estimate of drug-likeness (QED) is 0.195. The molecular formula is C30H30Cl2N2O4. The van der Waals surface area contributed by atoms with E-state index in [0.29, 0.717) is 33.4 Å². The van der Waals surface area contributed by atoms with Gasteiger partial charge in [0.15, 0.2) is 0 Å². The fourth-order valence-electron chi connectivity index (χ4n) is 4.36. The van der Waals surface area contributed by atoms with Gasteiger partial charge < -0.3 is 18.9 Å². The molecule has 6 nitrogen and oxygen atoms in total. The highest BCUT2D eigenvalue weighted by Crippen LogP contribution is 2.39. The summed E-state index contributed by atoms with van der Waals surface area (Å²) in [5.41, 5.74) is 5.81. The van der Waals surface area contributed by atoms with Crippen molar-refractivity contribution in [2.75, 3.05) is 19.1 Å². The van der Waals surface area contributed by atoms with E-state index in [-0.39, 0.29) is 18.5 Å². The Bertz CT molecular complexity index is 1410. The molecule has 3 aromatic carbocycles. The molecule has 0 amide bonds. The number of benzene rings is 3. The van der Waals surface area contributed by atoms with E-state index < -0.39 is 0 Å². The minimum atomic E-state index is -0.342. The molecule has 0 atom stereocenters. The fraction of sp³-hybridized carbons (Fsp3) is 0.267. The summed E-state index contributed by atoms with van der Waals surface area (Å²) in [5.74, 6) is 1.23. The van der Waals surface area contributed by atoms with Gasteiger partial charge in [-0.3, -0.25) is 0 Å². The Morgan fingerprint density at radius 3 is 2.34 bits per heavy atom. The number of halogens is 2. The van der Waals surface area contributed by atoms with Crippen molar-refractivity contribution in [2.45, 2.75) is 39.8 Å². The predicted octanol–water partition coefficient (Wildman–Crippen LogP) is 8.08. The molecular weight excluding hydrogens is 523 g/mol. The minimum absolute atomic E-state index is 0.107. The van der Waals surface area contributed by atoms with Gasteiger partial charge in [-0.2, -0.15) is 0 Å². The van der Waals surface area contributed by atoms with Crippen LogP contribution in [0.1, 0.15) is 52.6 Å². The molecule has 0 aliphatic rings. The van der Waals surface area contributed by atoms with Crippen molar-refractivity contribution in [2.24, 2.45) is 0 Å². The number of methoxy groups -OCH3 is 1. The van der Waals surface area contributed by atoms with E-state index in [1.54, 1.807) is 30.3 Å². The third-order valence-electron chi connectivity index (χ3n) is 6.30. The van der Waals surface area contributed by atoms with Crippen LogP contribution in [-0.4, -0.2) is 25.3 Å². The van der Waals surface area contributed by atoms with Crippen LogP contribution in [0.4, 0.5) is 5.69 Å². The average molecular weight is 553 g/mol. The summed E-state index contributed by atoms with van der Waals surface area (Å²) in [7, 11) is 3.41. The molecule has 8 heteroatoms. The van der Waals surface area contributed by atoms with Gasteiger partial charge in [-0.1, -0.05) is 60.4 Å². The molecule has 38 heavy (non-hydrogen) atoms. The van der Waals surface area contributed by atoms with Crippen molar-refractivity contribution in [3.63, 3.8) is 0 Å². The summed E-state index contributed by atoms with van der Waals surface area (Å²) in [5, 5.41) is 5.31. The molecule has 4 rings (SSSR count). The second kappa shape index (κ2) is 11.9. The van der Waals surface area contributed by atoms with Crippen LogP contribution in [0.5, 0.6) is 5.75 Å². The zero-order chi connectivity index (χ0) is 27.4. The molecule has 0 N–H and O–H groups in total. The molecule has 0 bridgehead atoms. The van der Waals surface area contributed by atoms with E-state index in [0.717, 1.165) is 33.9 Å². The van der Waals surface area contributed by atoms with E-state index in [1.807, 2.05) is 58.2 Å². The first-order chi connectivity index (χ1) is 18.2. The summed E-state index contributed by atoms with van der Waals surface area (Å²) in [6, 6.07) is 18.8. The SMILES string of the molecule is COC(=O)c1ccc(CN(C)c2ccc(OCc3c(-c4c(Cl)cccc4Cl)noc3C(C)C)cc2C)cc1. The second-order valence-corrected chi connectivity index (χ2v) is 10.2. The molecule has 1 aromatic heterocycles. The molecule has 0 saturated heterocycles. The number of carbonyl (C=O) groups excluding carboxylic acids is 1. The van der Waals surface area contributed by atoms with Crippen LogP contribution >= 0.6 is 23.2 Å². The van der Waals surface area contributed by atoms with Gasteiger partial charge in [0, 0.05) is 30.8 Å². The van der Waals surface area contributed by atoms with Crippen LogP contribution in [0.25, 0.3) is 11.3 Å². The van der Waals surface area contributed by atoms with Gasteiger partial charge in [-0.15, -0.1) is 0 Å². The maximum absolute atomic E-state index is 11.7. The lowest BCUT2D eigenvalue weighted by atomic mass is 10.0. The Balaban J connectivity index is 1.50. The molecule has 0 unspecified atom stereocenters. The van der Waals surface area contributed by atoms with Crippen molar-refractivity contribution in [3.8, 4) is 17.0 Å². The molecule has 0 radical (unpaired) electrons. The van der Waals surface area contributed by atoms with E-state index in [1.165, 1.54) is 7.11 Å². The van der Waals surface area contributed by atoms with Crippen molar-refractivity contribution >= 4 is 34.9 Å². The normalized spacial score (nSPS) is 11.1. The molecule has 0 fully saturated rings. The summed E-state index contributed by atoms with van der Waals surface area (Å²) in [6.45, 7) is 7.07. The number of ether oxygens (including phenoxy) is 2. The predicted molar refractivity (Wildman–Crippen MR) is 151 cm³/mol. The average Bonchev–Trinajstić information content (AvgIpc) is 3.31. The van der Waals surface area contributed by atoms with Gasteiger partial charge in [0.2, 0.25) is 0 Å². The van der Waals surface area contributed by atoms with Gasteiger partial charge in [0.25, 0.3) is 0 Å². The number of rotatable bonds is 9. The van der Waals surface area contributed by atoms with Crippen molar-refractivity contribution in [3.05, 3.63) is 98.7 Å². The van der Waals surface area contributed by atoms with Crippen molar-refractivity contribution < 1.29 is 18.8 Å². The van der Waals surface area contributed by atoms with Crippen LogP contribution in [0.3, 0.4) is 0 Å². The molecule has 4 aromatic rings. The van der Waals surface area contributed by atoms with Gasteiger partial charge >= 0.3 is 5.97 Å². The Hall–Kier alpha value is -3.48. The number of nitrogens with zero attached hydrogens (tertiary/aromatic N) is 2. The largest absolute Gasteiger partial charge is 0.489 e. The Morgan fingerprint density at radius 1 is 1.05 bits per heavy atom. The fourth-order valence-corrected chi connectivity index (χ4v) is 4.94. The molecule has 0 spiro atoms. The van der Waals surface area contributed by atoms with E-state index in [9.17, 15) is 4.79 Å². The standard InChI is InChI=1S/C30H30Cl2N2O4/c1-18(2)29-23(28(33-38-29)27-24(31)7-6-8-25(27)32)17-37-22-13-14-26(19(3)15-22)34(4)16-20-9-11-21(12-10-20)30(35)36-5/h6-15,18H,16-17H2,1-5H3. The second-order valence-electron chi connectivity index (χ2n) is 9.41. The van der Waals surface area contributed by atoms with Gasteiger partial charge in [-0.05, 0) is 60.5 Å². The first-order valence-electron chi connectivity index (χ1n) is 12.2. The first-order valence-corrected chi connectivity index (χ1v) is 13.0. The molecule has 198 valence electrons. The van der Waals surface area contributed by atoms with Gasteiger partial charge in [0.05, 0.1) is 28.3 Å². The van der Waals surface area contributed by atoms with E-state index >= 15 is 0 Å². The lowest BCUT2D eigenvalue weighted by molar-refractivity contribution is 0.0600. The number of aryl methyl sites for hydroxylation is 1. The topological polar surface area (TPSA) is 64.8 Å². The van der Waals surface area contributed by atoms with Gasteiger partial charge in [0.1, 0.15) is 23.8 Å². The highest BCUT2D eigenvalue weighted by Gasteiger charge is 2.24. The maximum Gasteiger partial charge on any atom is 0.337 e. The zero-order valence-electron chi connectivity index (χ0n) is 22.0. The summed E-state index contributed by atoms with van der Waals surface area (Å²) in [6.07, 6.45) is 0. The smallest absolute Gasteiger partial charge is 0.337 e. The van der Waals surface area contributed by atoms with Crippen LogP contribution in [0, 0.1) is 6.92 Å². The number of hydrogen-bond acceptors (Lipinski definition) is 6. The van der Waals surface area contributed by atoms with Crippen molar-refractivity contribution in [1.29, 1.82) is 0 Å². The van der Waals surface area contributed by atoms with Crippen LogP contribution in [0.2, 0.25) is 10.0 Å². The first kappa shape index (κ1) is 27.6. The van der Waals surface area contributed by atoms with Crippen LogP contribution < -0.4 is 9.64 Å². The monoisotopic (exact) mass is 552 g/mol. The number of anilines is 1. The summed E-state index contributed by atoms with van der Waals surface area (Å²) < 4.78 is 16.7. The Labute approximate surface area is 233 Å². The number of esters is 1. The third kappa shape index (κ3) is 5.98. The zero-order valence-corrected chi connectivity index (χ0v) is 23.6. The molecule has 0 saturated carbocycles. The van der Waals surface area contributed by atoms with Gasteiger partial charge in [-0.25, -0.2) is 4.79 Å². The lowest BCUT2D eigenvalue weighted by Gasteiger charge is -2.22. The number of hydrogen-bond donors (Lipinski definition) is 0. The van der Waals surface area contributed by atoms with E-state index in [4.69, 9.17) is 37.2 Å². The highest BCUT2D eigenvalue weighted by atomic mass is 35.5. The molecule has 0 aliphatic heterocycles. The Morgan fingerprint density at radius 2 is 1.74 bits per heavy atom. The lowest BCUT2D eigenvalue weighted by Crippen LogP contribution is -2.17. The van der Waals surface area contributed by atoms with Crippen LogP contribution in [-0.2, 0) is 17.9 Å². The van der Waals surface area contributed by atoms with E-state index in [2.05, 4.69) is 10.1 Å². The summed E-state index contributed by atoms with van der Waals surface area (Å²) >= 11 is 12.9. The molecule has 1 heterocycles. The van der Waals surface area contributed by atoms with Crippen molar-refractivity contribution in [1.82, 2.24) is 5.16 Å².